The molecule has 0 saturated heterocycles. The summed E-state index contributed by atoms with van der Waals surface area (Å²) in [6, 6.07) is 47.1. The average molecular weight is 805 g/mol. The topological polar surface area (TPSA) is 55.2 Å². The minimum absolute atomic E-state index is 0. The molecule has 1 aliphatic rings. The van der Waals surface area contributed by atoms with Crippen LogP contribution >= 0.6 is 7.92 Å². The Hall–Kier alpha value is -5.45. The maximum absolute atomic E-state index is 5.23. The van der Waals surface area contributed by atoms with E-state index >= 15 is 0 Å². The quantitative estimate of drug-likeness (QED) is 0.166. The van der Waals surface area contributed by atoms with Crippen molar-refractivity contribution in [3.63, 3.8) is 0 Å². The molecule has 0 N–H and O–H groups in total. The van der Waals surface area contributed by atoms with Crippen LogP contribution in [0.2, 0.25) is 0 Å². The normalized spacial score (nSPS) is 11.8. The molecule has 6 heteroatoms. The SMILES string of the molecule is CC1=C(C)c2nc1cc1[n-]c(c(C)c1C)c1[n-]c(cc3[n-]c(c(C)c3C)c2-c2ccccc2)c(C)c1C.[Co+3].c1ccc(P(c2ccccc2)c2ccccc2)cc1. The van der Waals surface area contributed by atoms with Gasteiger partial charge in [0.1, 0.15) is 0 Å². The van der Waals surface area contributed by atoms with Crippen molar-refractivity contribution in [3.05, 3.63) is 178 Å². The van der Waals surface area contributed by atoms with Crippen LogP contribution in [0.25, 0.3) is 55.4 Å². The molecule has 4 aromatic carbocycles. The van der Waals surface area contributed by atoms with Gasteiger partial charge in [0.05, 0.1) is 11.4 Å². The first-order chi connectivity index (χ1) is 27.1. The van der Waals surface area contributed by atoms with Crippen LogP contribution in [0.5, 0.6) is 0 Å². The molecule has 0 spiro atoms. The second kappa shape index (κ2) is 16.6. The summed E-state index contributed by atoms with van der Waals surface area (Å²) in [7, 11) is -0.446. The Bertz CT molecular complexity index is 2770. The Morgan fingerprint density at radius 2 is 0.772 bits per heavy atom. The molecule has 0 atom stereocenters. The second-order valence-electron chi connectivity index (χ2n) is 14.8. The van der Waals surface area contributed by atoms with Crippen LogP contribution in [-0.4, -0.2) is 4.98 Å². The molecule has 8 aromatic rings. The van der Waals surface area contributed by atoms with Gasteiger partial charge in [0.15, 0.2) is 0 Å². The smallest absolute Gasteiger partial charge is 0.658 e. The monoisotopic (exact) mass is 804 g/mol. The van der Waals surface area contributed by atoms with E-state index < -0.39 is 7.92 Å². The predicted octanol–water partition coefficient (Wildman–Crippen LogP) is 11.3. The number of rotatable bonds is 4. The maximum Gasteiger partial charge on any atom is 3.00 e. The van der Waals surface area contributed by atoms with Crippen molar-refractivity contribution >= 4 is 68.1 Å². The van der Waals surface area contributed by atoms with E-state index in [9.17, 15) is 0 Å². The average Bonchev–Trinajstić information content (AvgIpc) is 3.87. The molecule has 9 rings (SSSR count). The molecule has 0 radical (unpaired) electrons. The van der Waals surface area contributed by atoms with Gasteiger partial charge in [0, 0.05) is 0 Å². The van der Waals surface area contributed by atoms with Gasteiger partial charge in [-0.15, -0.1) is 33.1 Å². The Morgan fingerprint density at radius 1 is 0.404 bits per heavy atom. The number of fused-ring (bicyclic) bond motifs is 9. The van der Waals surface area contributed by atoms with E-state index in [4.69, 9.17) is 19.9 Å². The third kappa shape index (κ3) is 7.44. The molecule has 0 aliphatic carbocycles. The van der Waals surface area contributed by atoms with Crippen molar-refractivity contribution in [1.82, 2.24) is 19.9 Å². The maximum atomic E-state index is 5.23. The zero-order valence-electron chi connectivity index (χ0n) is 33.8. The predicted molar refractivity (Wildman–Crippen MR) is 240 cm³/mol. The van der Waals surface area contributed by atoms with E-state index in [1.54, 1.807) is 0 Å². The number of hydrogen-bond donors (Lipinski definition) is 0. The summed E-state index contributed by atoms with van der Waals surface area (Å²) in [5.74, 6) is 0. The van der Waals surface area contributed by atoms with Gasteiger partial charge in [0.25, 0.3) is 0 Å². The van der Waals surface area contributed by atoms with E-state index in [1.165, 1.54) is 60.4 Å². The van der Waals surface area contributed by atoms with Gasteiger partial charge in [-0.2, -0.15) is 0 Å². The number of allylic oxidation sites excluding steroid dienone is 2. The van der Waals surface area contributed by atoms with Gasteiger partial charge in [0.2, 0.25) is 0 Å². The van der Waals surface area contributed by atoms with Gasteiger partial charge >= 0.3 is 16.8 Å². The molecular weight excluding hydrogens is 758 g/mol. The second-order valence-corrected chi connectivity index (χ2v) is 17.0. The van der Waals surface area contributed by atoms with E-state index in [0.29, 0.717) is 0 Å². The van der Waals surface area contributed by atoms with Crippen LogP contribution in [0.4, 0.5) is 0 Å². The molecule has 4 nitrogen and oxygen atoms in total. The van der Waals surface area contributed by atoms with E-state index in [1.807, 2.05) is 0 Å². The van der Waals surface area contributed by atoms with Gasteiger partial charge < -0.3 is 15.0 Å². The molecule has 5 heterocycles. The fraction of sp³-hybridized carbons (Fsp3) is 0.157. The number of nitrogens with zero attached hydrogens (tertiary/aromatic N) is 4. The van der Waals surface area contributed by atoms with Gasteiger partial charge in [-0.05, 0) is 101 Å². The molecule has 0 fully saturated rings. The zero-order valence-corrected chi connectivity index (χ0v) is 35.7. The Kier molecular flexibility index (Phi) is 11.6. The standard InChI is InChI=1S/C33H31N4.C18H15P.Co/c1-16-20(5)30-29(24-12-10-9-11-13-24)31-21(6)17(2)26(35-31)15-28-19(4)23(8)33(37-28)32-22(7)18(3)27(36-32)14-25(16)34-30;1-4-10-16(11-5-1)19(17-12-6-2-7-13-17)18-14-8-3-9-15-18;/h9-15H,1-8H3;1-15H;/q-3;;+3. The molecule has 0 saturated carbocycles. The van der Waals surface area contributed by atoms with Gasteiger partial charge in [-0.25, -0.2) is 4.98 Å². The molecule has 0 unspecified atom stereocenters. The summed E-state index contributed by atoms with van der Waals surface area (Å²) in [4.78, 5) is 20.7. The summed E-state index contributed by atoms with van der Waals surface area (Å²) in [5, 5.41) is 4.19. The first-order valence-corrected chi connectivity index (χ1v) is 20.6. The van der Waals surface area contributed by atoms with Gasteiger partial charge in [-0.3, -0.25) is 0 Å². The number of hydrogen-bond acceptors (Lipinski definition) is 1. The first-order valence-electron chi connectivity index (χ1n) is 19.3. The van der Waals surface area contributed by atoms with Crippen molar-refractivity contribution in [2.24, 2.45) is 0 Å². The zero-order chi connectivity index (χ0) is 39.1. The minimum Gasteiger partial charge on any atom is -0.658 e. The Labute approximate surface area is 347 Å². The minimum atomic E-state index is -0.446. The van der Waals surface area contributed by atoms with Crippen molar-refractivity contribution < 1.29 is 16.8 Å². The fourth-order valence-corrected chi connectivity index (χ4v) is 9.87. The molecule has 8 bridgehead atoms. The Morgan fingerprint density at radius 3 is 1.21 bits per heavy atom. The van der Waals surface area contributed by atoms with Crippen molar-refractivity contribution in [2.75, 3.05) is 0 Å². The van der Waals surface area contributed by atoms with E-state index in [-0.39, 0.29) is 16.8 Å². The van der Waals surface area contributed by atoms with Gasteiger partial charge in [-0.1, -0.05) is 167 Å². The van der Waals surface area contributed by atoms with Crippen LogP contribution in [0, 0.1) is 41.5 Å². The van der Waals surface area contributed by atoms with Crippen LogP contribution in [0.1, 0.15) is 58.6 Å². The molecule has 4 aromatic heterocycles. The van der Waals surface area contributed by atoms with Crippen LogP contribution in [-0.2, 0) is 16.8 Å². The first kappa shape index (κ1) is 39.8. The number of benzene rings is 4. The van der Waals surface area contributed by atoms with Crippen LogP contribution < -0.4 is 30.9 Å². The molecule has 57 heavy (non-hydrogen) atoms. The summed E-state index contributed by atoms with van der Waals surface area (Å²) < 4.78 is 0. The fourth-order valence-electron chi connectivity index (χ4n) is 7.57. The number of aromatic nitrogens is 4. The van der Waals surface area contributed by atoms with Crippen molar-refractivity contribution in [1.29, 1.82) is 0 Å². The number of aryl methyl sites for hydroxylation is 6. The summed E-state index contributed by atoms with van der Waals surface area (Å²) in [6.45, 7) is 17.2. The molecule has 1 aliphatic heterocycles. The summed E-state index contributed by atoms with van der Waals surface area (Å²) in [6.07, 6.45) is 0. The summed E-state index contributed by atoms with van der Waals surface area (Å²) in [5.41, 5.74) is 19.3. The van der Waals surface area contributed by atoms with E-state index in [0.717, 1.165) is 55.6 Å². The third-order valence-electron chi connectivity index (χ3n) is 11.5. The molecule has 0 amide bonds. The molecular formula is C51H46CoN4P. The largest absolute Gasteiger partial charge is 3.00 e. The third-order valence-corrected chi connectivity index (χ3v) is 13.9. The Balaban J connectivity index is 0.000000209. The van der Waals surface area contributed by atoms with Crippen molar-refractivity contribution in [3.8, 4) is 11.1 Å². The van der Waals surface area contributed by atoms with E-state index in [2.05, 4.69) is 189 Å². The van der Waals surface area contributed by atoms with Crippen LogP contribution in [0.3, 0.4) is 0 Å². The molecule has 284 valence electrons. The summed E-state index contributed by atoms with van der Waals surface area (Å²) >= 11 is 0. The van der Waals surface area contributed by atoms with Crippen molar-refractivity contribution in [2.45, 2.75) is 55.4 Å². The van der Waals surface area contributed by atoms with Crippen LogP contribution in [0.15, 0.2) is 133 Å².